The summed E-state index contributed by atoms with van der Waals surface area (Å²) in [5, 5.41) is 0. The van der Waals surface area contributed by atoms with E-state index in [-0.39, 0.29) is 18.4 Å². The molecule has 0 unspecified atom stereocenters. The van der Waals surface area contributed by atoms with Gasteiger partial charge in [0.2, 0.25) is 11.8 Å². The lowest BCUT2D eigenvalue weighted by atomic mass is 9.73. The summed E-state index contributed by atoms with van der Waals surface area (Å²) in [6, 6.07) is 8.30. The summed E-state index contributed by atoms with van der Waals surface area (Å²) >= 11 is 0. The van der Waals surface area contributed by atoms with E-state index in [0.717, 1.165) is 6.42 Å². The van der Waals surface area contributed by atoms with Crippen LogP contribution in [0.1, 0.15) is 24.0 Å². The van der Waals surface area contributed by atoms with Crippen molar-refractivity contribution < 1.29 is 19.1 Å². The lowest BCUT2D eigenvalue weighted by Gasteiger charge is -2.41. The Kier molecular flexibility index (Phi) is 5.94. The highest BCUT2D eigenvalue weighted by Crippen LogP contribution is 2.40. The highest BCUT2D eigenvalue weighted by molar-refractivity contribution is 5.84. The molecule has 6 heteroatoms. The molecule has 0 N–H and O–H groups in total. The third kappa shape index (κ3) is 3.91. The van der Waals surface area contributed by atoms with Crippen molar-refractivity contribution in [2.75, 3.05) is 47.1 Å². The minimum absolute atomic E-state index is 0.00854. The maximum Gasteiger partial charge on any atom is 0.248 e. The number of hydrogen-bond donors (Lipinski definition) is 0. The van der Waals surface area contributed by atoms with Gasteiger partial charge in [0.1, 0.15) is 6.61 Å². The predicted molar refractivity (Wildman–Crippen MR) is 97.6 cm³/mol. The second-order valence-electron chi connectivity index (χ2n) is 7.31. The Balaban J connectivity index is 1.65. The first-order valence-corrected chi connectivity index (χ1v) is 9.22. The van der Waals surface area contributed by atoms with Crippen molar-refractivity contribution in [2.45, 2.75) is 25.8 Å². The van der Waals surface area contributed by atoms with E-state index in [1.807, 2.05) is 29.0 Å². The molecule has 0 bridgehead atoms. The van der Waals surface area contributed by atoms with Gasteiger partial charge in [0.25, 0.3) is 0 Å². The van der Waals surface area contributed by atoms with Crippen LogP contribution >= 0.6 is 0 Å². The van der Waals surface area contributed by atoms with Crippen molar-refractivity contribution in [3.05, 3.63) is 35.4 Å². The molecule has 2 heterocycles. The van der Waals surface area contributed by atoms with Crippen LogP contribution in [0.15, 0.2) is 24.3 Å². The van der Waals surface area contributed by atoms with Crippen LogP contribution in [0.2, 0.25) is 0 Å². The van der Waals surface area contributed by atoms with Gasteiger partial charge in [-0.3, -0.25) is 9.59 Å². The molecule has 0 radical (unpaired) electrons. The van der Waals surface area contributed by atoms with Crippen molar-refractivity contribution in [1.82, 2.24) is 9.80 Å². The Labute approximate surface area is 155 Å². The number of carbonyl (C=O) groups excluding carboxylic acids is 2. The average molecular weight is 360 g/mol. The van der Waals surface area contributed by atoms with E-state index in [4.69, 9.17) is 9.47 Å². The molecule has 0 atom stereocenters. The van der Waals surface area contributed by atoms with Gasteiger partial charge in [-0.2, -0.15) is 0 Å². The molecule has 2 aliphatic rings. The lowest BCUT2D eigenvalue weighted by molar-refractivity contribution is -0.148. The minimum Gasteiger partial charge on any atom is -0.382 e. The number of ether oxygens (including phenoxy) is 2. The molecular formula is C20H28N2O4. The van der Waals surface area contributed by atoms with E-state index in [1.54, 1.807) is 7.11 Å². The second-order valence-corrected chi connectivity index (χ2v) is 7.31. The summed E-state index contributed by atoms with van der Waals surface area (Å²) in [5.74, 6) is 0.197. The summed E-state index contributed by atoms with van der Waals surface area (Å²) in [5.41, 5.74) is 2.09. The quantitative estimate of drug-likeness (QED) is 0.746. The molecule has 26 heavy (non-hydrogen) atoms. The van der Waals surface area contributed by atoms with Crippen LogP contribution in [-0.2, 0) is 32.0 Å². The Morgan fingerprint density at radius 3 is 2.54 bits per heavy atom. The maximum atomic E-state index is 13.1. The fourth-order valence-electron chi connectivity index (χ4n) is 4.02. The minimum atomic E-state index is -0.394. The molecule has 1 aromatic carbocycles. The van der Waals surface area contributed by atoms with Gasteiger partial charge in [0, 0.05) is 33.8 Å². The van der Waals surface area contributed by atoms with E-state index in [2.05, 4.69) is 12.1 Å². The second kappa shape index (κ2) is 8.18. The molecule has 1 fully saturated rings. The Morgan fingerprint density at radius 2 is 1.85 bits per heavy atom. The fourth-order valence-corrected chi connectivity index (χ4v) is 4.02. The molecule has 2 aliphatic heterocycles. The molecule has 0 saturated carbocycles. The monoisotopic (exact) mass is 360 g/mol. The Hall–Kier alpha value is -1.92. The van der Waals surface area contributed by atoms with E-state index < -0.39 is 5.41 Å². The SMILES string of the molecule is COCCOCC(=O)N1CCC2(CC1)Cc1ccccc1CN(C)C2=O. The van der Waals surface area contributed by atoms with Crippen LogP contribution in [-0.4, -0.2) is 68.7 Å². The highest BCUT2D eigenvalue weighted by atomic mass is 16.5. The standard InChI is InChI=1S/C20H28N2O4/c1-21-14-17-6-4-3-5-16(17)13-20(19(21)24)7-9-22(10-8-20)18(23)15-26-12-11-25-2/h3-6H,7-15H2,1-2H3. The van der Waals surface area contributed by atoms with Crippen LogP contribution < -0.4 is 0 Å². The topological polar surface area (TPSA) is 59.1 Å². The van der Waals surface area contributed by atoms with Gasteiger partial charge in [-0.05, 0) is 30.4 Å². The highest BCUT2D eigenvalue weighted by Gasteiger charge is 2.45. The van der Waals surface area contributed by atoms with E-state index >= 15 is 0 Å². The van der Waals surface area contributed by atoms with Crippen LogP contribution in [0, 0.1) is 5.41 Å². The molecule has 6 nitrogen and oxygen atoms in total. The molecular weight excluding hydrogens is 332 g/mol. The van der Waals surface area contributed by atoms with Crippen LogP contribution in [0.25, 0.3) is 0 Å². The zero-order valence-corrected chi connectivity index (χ0v) is 15.7. The average Bonchev–Trinajstić information content (AvgIpc) is 2.75. The normalized spacial score (nSPS) is 19.4. The number of amides is 2. The fraction of sp³-hybridized carbons (Fsp3) is 0.600. The zero-order chi connectivity index (χ0) is 18.6. The van der Waals surface area contributed by atoms with Crippen molar-refractivity contribution in [3.63, 3.8) is 0 Å². The first kappa shape index (κ1) is 18.9. The van der Waals surface area contributed by atoms with Gasteiger partial charge in [-0.1, -0.05) is 24.3 Å². The van der Waals surface area contributed by atoms with E-state index in [1.165, 1.54) is 11.1 Å². The summed E-state index contributed by atoms with van der Waals surface area (Å²) in [4.78, 5) is 29.1. The van der Waals surface area contributed by atoms with Crippen LogP contribution in [0.4, 0.5) is 0 Å². The van der Waals surface area contributed by atoms with E-state index in [0.29, 0.717) is 45.7 Å². The maximum absolute atomic E-state index is 13.1. The summed E-state index contributed by atoms with van der Waals surface area (Å²) in [6.07, 6.45) is 2.17. The van der Waals surface area contributed by atoms with Gasteiger partial charge < -0.3 is 19.3 Å². The first-order valence-electron chi connectivity index (χ1n) is 9.22. The third-order valence-corrected chi connectivity index (χ3v) is 5.59. The Morgan fingerprint density at radius 1 is 1.15 bits per heavy atom. The predicted octanol–water partition coefficient (Wildman–Crippen LogP) is 1.47. The van der Waals surface area contributed by atoms with Crippen molar-refractivity contribution in [3.8, 4) is 0 Å². The molecule has 0 aromatic heterocycles. The molecule has 1 saturated heterocycles. The molecule has 2 amide bonds. The zero-order valence-electron chi connectivity index (χ0n) is 15.7. The van der Waals surface area contributed by atoms with Gasteiger partial charge in [-0.15, -0.1) is 0 Å². The number of hydrogen-bond acceptors (Lipinski definition) is 4. The largest absolute Gasteiger partial charge is 0.382 e. The van der Waals surface area contributed by atoms with E-state index in [9.17, 15) is 9.59 Å². The summed E-state index contributed by atoms with van der Waals surface area (Å²) < 4.78 is 10.3. The number of nitrogens with zero attached hydrogens (tertiary/aromatic N) is 2. The lowest BCUT2D eigenvalue weighted by Crippen LogP contribution is -2.51. The summed E-state index contributed by atoms with van der Waals surface area (Å²) in [7, 11) is 3.49. The number of benzene rings is 1. The Bertz CT molecular complexity index is 653. The van der Waals surface area contributed by atoms with Crippen LogP contribution in [0.5, 0.6) is 0 Å². The number of fused-ring (bicyclic) bond motifs is 1. The van der Waals surface area contributed by atoms with Crippen LogP contribution in [0.3, 0.4) is 0 Å². The number of methoxy groups -OCH3 is 1. The number of rotatable bonds is 5. The molecule has 0 aliphatic carbocycles. The van der Waals surface area contributed by atoms with Gasteiger partial charge in [-0.25, -0.2) is 0 Å². The molecule has 1 aromatic rings. The number of piperidine rings is 1. The van der Waals surface area contributed by atoms with Gasteiger partial charge in [0.05, 0.1) is 18.6 Å². The first-order chi connectivity index (χ1) is 12.6. The van der Waals surface area contributed by atoms with Crippen molar-refractivity contribution in [2.24, 2.45) is 5.41 Å². The van der Waals surface area contributed by atoms with Crippen molar-refractivity contribution in [1.29, 1.82) is 0 Å². The third-order valence-electron chi connectivity index (χ3n) is 5.59. The molecule has 3 rings (SSSR count). The van der Waals surface area contributed by atoms with Crippen molar-refractivity contribution >= 4 is 11.8 Å². The molecule has 1 spiro atoms. The number of likely N-dealkylation sites (tertiary alicyclic amines) is 1. The van der Waals surface area contributed by atoms with Gasteiger partial charge in [0.15, 0.2) is 0 Å². The smallest absolute Gasteiger partial charge is 0.248 e. The van der Waals surface area contributed by atoms with Gasteiger partial charge >= 0.3 is 0 Å². The number of carbonyl (C=O) groups is 2. The summed E-state index contributed by atoms with van der Waals surface area (Å²) in [6.45, 7) is 2.85. The molecule has 142 valence electrons.